The summed E-state index contributed by atoms with van der Waals surface area (Å²) in [6, 6.07) is 11.1. The Morgan fingerprint density at radius 1 is 1.38 bits per heavy atom. The lowest BCUT2D eigenvalue weighted by Crippen LogP contribution is -2.16. The SMILES string of the molecule is O=C(Nc1cccc(OC[C@H]2CCCO2)c1)c1cccs1. The van der Waals surface area contributed by atoms with E-state index in [1.54, 1.807) is 6.07 Å². The zero-order valence-electron chi connectivity index (χ0n) is 11.6. The van der Waals surface area contributed by atoms with E-state index in [0.717, 1.165) is 30.9 Å². The fourth-order valence-electron chi connectivity index (χ4n) is 2.23. The van der Waals surface area contributed by atoms with Crippen molar-refractivity contribution in [3.8, 4) is 5.75 Å². The Hall–Kier alpha value is -1.85. The van der Waals surface area contributed by atoms with E-state index in [-0.39, 0.29) is 12.0 Å². The average molecular weight is 303 g/mol. The maximum atomic E-state index is 12.0. The summed E-state index contributed by atoms with van der Waals surface area (Å²) >= 11 is 1.42. The van der Waals surface area contributed by atoms with Crippen molar-refractivity contribution >= 4 is 22.9 Å². The van der Waals surface area contributed by atoms with Crippen LogP contribution in [0.4, 0.5) is 5.69 Å². The van der Waals surface area contributed by atoms with Crippen LogP contribution in [-0.2, 0) is 4.74 Å². The molecule has 3 rings (SSSR count). The predicted octanol–water partition coefficient (Wildman–Crippen LogP) is 3.56. The van der Waals surface area contributed by atoms with Crippen LogP contribution in [0.3, 0.4) is 0 Å². The molecule has 1 atom stereocenters. The standard InChI is InChI=1S/C16H17NO3S/c18-16(15-7-3-9-21-15)17-12-4-1-5-13(10-12)20-11-14-6-2-8-19-14/h1,3-5,7,9-10,14H,2,6,8,11H2,(H,17,18)/t14-/m1/s1. The van der Waals surface area contributed by atoms with E-state index in [0.29, 0.717) is 11.5 Å². The third kappa shape index (κ3) is 3.83. The van der Waals surface area contributed by atoms with E-state index in [4.69, 9.17) is 9.47 Å². The van der Waals surface area contributed by atoms with E-state index in [9.17, 15) is 4.79 Å². The molecule has 0 bridgehead atoms. The Kier molecular flexibility index (Phi) is 4.52. The minimum Gasteiger partial charge on any atom is -0.491 e. The van der Waals surface area contributed by atoms with Crippen LogP contribution in [0.25, 0.3) is 0 Å². The van der Waals surface area contributed by atoms with Gasteiger partial charge in [-0.15, -0.1) is 11.3 Å². The molecule has 1 aliphatic rings. The average Bonchev–Trinajstić information content (AvgIpc) is 3.19. The molecule has 1 aliphatic heterocycles. The van der Waals surface area contributed by atoms with Gasteiger partial charge in [-0.25, -0.2) is 0 Å². The van der Waals surface area contributed by atoms with Crippen molar-refractivity contribution in [1.29, 1.82) is 0 Å². The van der Waals surface area contributed by atoms with Crippen LogP contribution in [0.5, 0.6) is 5.75 Å². The smallest absolute Gasteiger partial charge is 0.265 e. The molecule has 2 heterocycles. The third-order valence-corrected chi connectivity index (χ3v) is 4.17. The number of carbonyl (C=O) groups excluding carboxylic acids is 1. The lowest BCUT2D eigenvalue weighted by atomic mass is 10.2. The van der Waals surface area contributed by atoms with Gasteiger partial charge in [0.2, 0.25) is 0 Å². The number of nitrogens with one attached hydrogen (secondary N) is 1. The van der Waals surface area contributed by atoms with E-state index in [1.807, 2.05) is 35.7 Å². The monoisotopic (exact) mass is 303 g/mol. The van der Waals surface area contributed by atoms with Crippen molar-refractivity contribution in [1.82, 2.24) is 0 Å². The van der Waals surface area contributed by atoms with Gasteiger partial charge in [0.1, 0.15) is 12.4 Å². The first-order valence-corrected chi connectivity index (χ1v) is 7.88. The van der Waals surface area contributed by atoms with Gasteiger partial charge >= 0.3 is 0 Å². The Morgan fingerprint density at radius 2 is 2.33 bits per heavy atom. The largest absolute Gasteiger partial charge is 0.491 e. The second-order valence-electron chi connectivity index (χ2n) is 4.91. The fourth-order valence-corrected chi connectivity index (χ4v) is 2.85. The number of benzene rings is 1. The predicted molar refractivity (Wildman–Crippen MR) is 83.2 cm³/mol. The number of amides is 1. The molecule has 1 aromatic heterocycles. The molecule has 4 nitrogen and oxygen atoms in total. The summed E-state index contributed by atoms with van der Waals surface area (Å²) in [5.41, 5.74) is 0.734. The molecule has 2 aromatic rings. The quantitative estimate of drug-likeness (QED) is 0.918. The van der Waals surface area contributed by atoms with Crippen LogP contribution in [-0.4, -0.2) is 25.2 Å². The van der Waals surface area contributed by atoms with Crippen molar-refractivity contribution in [2.45, 2.75) is 18.9 Å². The van der Waals surface area contributed by atoms with Gasteiger partial charge in [0, 0.05) is 18.4 Å². The highest BCUT2D eigenvalue weighted by molar-refractivity contribution is 7.12. The third-order valence-electron chi connectivity index (χ3n) is 3.30. The fraction of sp³-hybridized carbons (Fsp3) is 0.312. The molecule has 0 spiro atoms. The Morgan fingerprint density at radius 3 is 3.10 bits per heavy atom. The van der Waals surface area contributed by atoms with Gasteiger partial charge < -0.3 is 14.8 Å². The van der Waals surface area contributed by atoms with Gasteiger partial charge in [-0.3, -0.25) is 4.79 Å². The second-order valence-corrected chi connectivity index (χ2v) is 5.85. The molecule has 1 saturated heterocycles. The van der Waals surface area contributed by atoms with Crippen molar-refractivity contribution in [3.63, 3.8) is 0 Å². The van der Waals surface area contributed by atoms with Crippen LogP contribution in [0, 0.1) is 0 Å². The molecule has 0 unspecified atom stereocenters. The van der Waals surface area contributed by atoms with Crippen LogP contribution in [0.15, 0.2) is 41.8 Å². The Bertz CT molecular complexity index is 591. The van der Waals surface area contributed by atoms with Gasteiger partial charge in [0.15, 0.2) is 0 Å². The van der Waals surface area contributed by atoms with Crippen LogP contribution in [0.2, 0.25) is 0 Å². The molecule has 0 radical (unpaired) electrons. The van der Waals surface area contributed by atoms with Crippen LogP contribution in [0.1, 0.15) is 22.5 Å². The van der Waals surface area contributed by atoms with Gasteiger partial charge in [0.25, 0.3) is 5.91 Å². The second kappa shape index (κ2) is 6.74. The lowest BCUT2D eigenvalue weighted by molar-refractivity contribution is 0.0680. The maximum absolute atomic E-state index is 12.0. The molecular weight excluding hydrogens is 286 g/mol. The van der Waals surface area contributed by atoms with Crippen molar-refractivity contribution in [3.05, 3.63) is 46.7 Å². The van der Waals surface area contributed by atoms with Gasteiger partial charge in [-0.1, -0.05) is 12.1 Å². The Labute approximate surface area is 127 Å². The zero-order valence-corrected chi connectivity index (χ0v) is 12.4. The Balaban J connectivity index is 1.58. The highest BCUT2D eigenvalue weighted by Crippen LogP contribution is 2.20. The number of anilines is 1. The van der Waals surface area contributed by atoms with Gasteiger partial charge in [-0.2, -0.15) is 0 Å². The summed E-state index contributed by atoms with van der Waals surface area (Å²) < 4.78 is 11.3. The molecule has 5 heteroatoms. The van der Waals surface area contributed by atoms with E-state index >= 15 is 0 Å². The number of thiophene rings is 1. The maximum Gasteiger partial charge on any atom is 0.265 e. The van der Waals surface area contributed by atoms with Crippen LogP contribution < -0.4 is 10.1 Å². The molecular formula is C16H17NO3S. The van der Waals surface area contributed by atoms with Crippen molar-refractivity contribution in [2.24, 2.45) is 0 Å². The first-order chi connectivity index (χ1) is 10.3. The molecule has 1 N–H and O–H groups in total. The molecule has 110 valence electrons. The molecule has 0 aliphatic carbocycles. The summed E-state index contributed by atoms with van der Waals surface area (Å²) in [6.07, 6.45) is 2.34. The summed E-state index contributed by atoms with van der Waals surface area (Å²) in [4.78, 5) is 12.7. The molecule has 0 saturated carbocycles. The first kappa shape index (κ1) is 14.1. The zero-order chi connectivity index (χ0) is 14.5. The molecule has 21 heavy (non-hydrogen) atoms. The normalized spacial score (nSPS) is 17.6. The van der Waals surface area contributed by atoms with Crippen LogP contribution >= 0.6 is 11.3 Å². The number of hydrogen-bond donors (Lipinski definition) is 1. The number of carbonyl (C=O) groups is 1. The summed E-state index contributed by atoms with van der Waals surface area (Å²) in [5.74, 6) is 0.649. The number of ether oxygens (including phenoxy) is 2. The van der Waals surface area contributed by atoms with E-state index in [1.165, 1.54) is 11.3 Å². The van der Waals surface area contributed by atoms with E-state index in [2.05, 4.69) is 5.32 Å². The molecule has 1 fully saturated rings. The summed E-state index contributed by atoms with van der Waals surface area (Å²) in [7, 11) is 0. The van der Waals surface area contributed by atoms with Gasteiger partial charge in [-0.05, 0) is 36.4 Å². The number of hydrogen-bond acceptors (Lipinski definition) is 4. The van der Waals surface area contributed by atoms with Gasteiger partial charge in [0.05, 0.1) is 11.0 Å². The lowest BCUT2D eigenvalue weighted by Gasteiger charge is -2.12. The van der Waals surface area contributed by atoms with Crippen molar-refractivity contribution < 1.29 is 14.3 Å². The molecule has 1 amide bonds. The highest BCUT2D eigenvalue weighted by Gasteiger charge is 2.16. The minimum absolute atomic E-state index is 0.0960. The molecule has 1 aromatic carbocycles. The topological polar surface area (TPSA) is 47.6 Å². The highest BCUT2D eigenvalue weighted by atomic mass is 32.1. The van der Waals surface area contributed by atoms with E-state index < -0.39 is 0 Å². The number of rotatable bonds is 5. The summed E-state index contributed by atoms with van der Waals surface area (Å²) in [6.45, 7) is 1.38. The minimum atomic E-state index is -0.0960. The van der Waals surface area contributed by atoms with Crippen molar-refractivity contribution in [2.75, 3.05) is 18.5 Å². The summed E-state index contributed by atoms with van der Waals surface area (Å²) in [5, 5.41) is 4.76. The first-order valence-electron chi connectivity index (χ1n) is 7.00.